The molecule has 0 aliphatic carbocycles. The number of rotatable bonds is 8. The van der Waals surface area contributed by atoms with Gasteiger partial charge in [0, 0.05) is 5.88 Å². The van der Waals surface area contributed by atoms with Gasteiger partial charge in [0.15, 0.2) is 0 Å². The Labute approximate surface area is 94.9 Å². The Kier molecular flexibility index (Phi) is 7.73. The first-order chi connectivity index (χ1) is 7.02. The van der Waals surface area contributed by atoms with Crippen LogP contribution in [-0.4, -0.2) is 59.6 Å². The lowest BCUT2D eigenvalue weighted by atomic mass is 10.5. The highest BCUT2D eigenvalue weighted by molar-refractivity contribution is 7.53. The lowest BCUT2D eigenvalue weighted by Crippen LogP contribution is -2.29. The van der Waals surface area contributed by atoms with Crippen molar-refractivity contribution in [2.24, 2.45) is 0 Å². The normalized spacial score (nSPS) is 12.7. The van der Waals surface area contributed by atoms with Gasteiger partial charge in [0.1, 0.15) is 13.5 Å². The first kappa shape index (κ1) is 15.3. The van der Waals surface area contributed by atoms with Crippen LogP contribution in [0.25, 0.3) is 0 Å². The fourth-order valence-corrected chi connectivity index (χ4v) is 2.57. The maximum absolute atomic E-state index is 12.2. The second-order valence-electron chi connectivity index (χ2n) is 2.96. The topological polar surface area (TPSA) is 73.2 Å². The summed E-state index contributed by atoms with van der Waals surface area (Å²) in [7, 11) is -0.419. The SMILES string of the molecule is CN(CO)P(=O)(OCCCCl)N(C)CO. The van der Waals surface area contributed by atoms with Crippen LogP contribution in [0.5, 0.6) is 0 Å². The van der Waals surface area contributed by atoms with E-state index in [1.54, 1.807) is 0 Å². The molecule has 0 aromatic rings. The summed E-state index contributed by atoms with van der Waals surface area (Å²) in [4.78, 5) is 0. The van der Waals surface area contributed by atoms with E-state index in [9.17, 15) is 4.57 Å². The lowest BCUT2D eigenvalue weighted by Gasteiger charge is -2.31. The Morgan fingerprint density at radius 1 is 1.27 bits per heavy atom. The average molecular weight is 261 g/mol. The van der Waals surface area contributed by atoms with Gasteiger partial charge in [0.2, 0.25) is 0 Å². The van der Waals surface area contributed by atoms with Gasteiger partial charge >= 0.3 is 7.67 Å². The summed E-state index contributed by atoms with van der Waals surface area (Å²) in [6.07, 6.45) is 0.560. The van der Waals surface area contributed by atoms with Crippen LogP contribution < -0.4 is 0 Å². The first-order valence-electron chi connectivity index (χ1n) is 4.48. The van der Waals surface area contributed by atoms with Crippen LogP contribution in [-0.2, 0) is 9.09 Å². The highest BCUT2D eigenvalue weighted by Crippen LogP contribution is 2.51. The zero-order valence-corrected chi connectivity index (χ0v) is 10.6. The molecule has 0 saturated carbocycles. The van der Waals surface area contributed by atoms with Gasteiger partial charge in [-0.2, -0.15) is 9.34 Å². The number of nitrogens with zero attached hydrogens (tertiary/aromatic N) is 2. The molecule has 0 atom stereocenters. The minimum absolute atomic E-state index is 0.218. The van der Waals surface area contributed by atoms with E-state index in [0.29, 0.717) is 12.3 Å². The molecule has 0 saturated heterocycles. The lowest BCUT2D eigenvalue weighted by molar-refractivity contribution is 0.122. The maximum Gasteiger partial charge on any atom is 0.349 e. The quantitative estimate of drug-likeness (QED) is 0.287. The van der Waals surface area contributed by atoms with Gasteiger partial charge in [-0.3, -0.25) is 4.57 Å². The van der Waals surface area contributed by atoms with Gasteiger partial charge in [0.25, 0.3) is 0 Å². The molecule has 0 aromatic heterocycles. The predicted molar refractivity (Wildman–Crippen MR) is 58.6 cm³/mol. The Morgan fingerprint density at radius 2 is 1.73 bits per heavy atom. The Balaban J connectivity index is 4.48. The van der Waals surface area contributed by atoms with Crippen LogP contribution in [0.3, 0.4) is 0 Å². The van der Waals surface area contributed by atoms with Crippen molar-refractivity contribution in [1.29, 1.82) is 0 Å². The van der Waals surface area contributed by atoms with Crippen LogP contribution in [0.4, 0.5) is 0 Å². The van der Waals surface area contributed by atoms with Crippen LogP contribution in [0, 0.1) is 0 Å². The monoisotopic (exact) mass is 260 g/mol. The molecule has 0 aliphatic heterocycles. The van der Waals surface area contributed by atoms with Crippen LogP contribution in [0.15, 0.2) is 0 Å². The van der Waals surface area contributed by atoms with Crippen LogP contribution in [0.2, 0.25) is 0 Å². The molecule has 0 rings (SSSR count). The third-order valence-electron chi connectivity index (χ3n) is 1.81. The van der Waals surface area contributed by atoms with Gasteiger partial charge in [0.05, 0.1) is 6.61 Å². The molecule has 2 N–H and O–H groups in total. The van der Waals surface area contributed by atoms with Gasteiger partial charge < -0.3 is 14.7 Å². The number of halogens is 1. The molecule has 0 aliphatic rings. The van der Waals surface area contributed by atoms with Gasteiger partial charge in [-0.05, 0) is 20.5 Å². The van der Waals surface area contributed by atoms with Crippen molar-refractivity contribution in [1.82, 2.24) is 9.34 Å². The van der Waals surface area contributed by atoms with Gasteiger partial charge in [-0.25, -0.2) is 0 Å². The molecule has 0 bridgehead atoms. The van der Waals surface area contributed by atoms with E-state index in [0.717, 1.165) is 9.34 Å². The predicted octanol–water partition coefficient (Wildman–Crippen LogP) is 0.503. The second kappa shape index (κ2) is 7.57. The van der Waals surface area contributed by atoms with Gasteiger partial charge in [-0.15, -0.1) is 11.6 Å². The van der Waals surface area contributed by atoms with E-state index in [4.69, 9.17) is 26.3 Å². The minimum Gasteiger partial charge on any atom is -0.381 e. The number of hydrogen-bond donors (Lipinski definition) is 2. The second-order valence-corrected chi connectivity index (χ2v) is 5.95. The van der Waals surface area contributed by atoms with Crippen molar-refractivity contribution in [3.05, 3.63) is 0 Å². The minimum atomic E-state index is -3.32. The smallest absolute Gasteiger partial charge is 0.349 e. The van der Waals surface area contributed by atoms with Crippen LogP contribution >= 0.6 is 19.3 Å². The standard InChI is InChI=1S/C7H18ClN2O4P/c1-9(6-11)15(13,10(2)7-12)14-5-3-4-8/h11-12H,3-7H2,1-2H3. The average Bonchev–Trinajstić information content (AvgIpc) is 2.26. The summed E-state index contributed by atoms with van der Waals surface area (Å²) in [6.45, 7) is -0.611. The van der Waals surface area contributed by atoms with Crippen molar-refractivity contribution in [2.45, 2.75) is 6.42 Å². The molecule has 0 unspecified atom stereocenters. The first-order valence-corrected chi connectivity index (χ1v) is 6.55. The molecule has 15 heavy (non-hydrogen) atoms. The molecule has 92 valence electrons. The fourth-order valence-electron chi connectivity index (χ4n) is 0.856. The summed E-state index contributed by atoms with van der Waals surface area (Å²) in [5.74, 6) is 0.408. The number of aliphatic hydroxyl groups is 2. The summed E-state index contributed by atoms with van der Waals surface area (Å²) >= 11 is 5.46. The molecule has 6 nitrogen and oxygen atoms in total. The summed E-state index contributed by atoms with van der Waals surface area (Å²) in [6, 6.07) is 0. The van der Waals surface area contributed by atoms with E-state index in [2.05, 4.69) is 0 Å². The van der Waals surface area contributed by atoms with Gasteiger partial charge in [-0.1, -0.05) is 0 Å². The molecule has 0 spiro atoms. The van der Waals surface area contributed by atoms with E-state index in [1.165, 1.54) is 14.1 Å². The number of aliphatic hydroxyl groups excluding tert-OH is 2. The molecular formula is C7H18ClN2O4P. The molecule has 0 aromatic carbocycles. The van der Waals surface area contributed by atoms with Crippen molar-refractivity contribution in [3.8, 4) is 0 Å². The number of hydrogen-bond acceptors (Lipinski definition) is 4. The Bertz CT molecular complexity index is 205. The molecule has 0 heterocycles. The van der Waals surface area contributed by atoms with E-state index < -0.39 is 21.1 Å². The fraction of sp³-hybridized carbons (Fsp3) is 1.00. The maximum atomic E-state index is 12.2. The third-order valence-corrected chi connectivity index (χ3v) is 4.57. The molecule has 0 fully saturated rings. The summed E-state index contributed by atoms with van der Waals surface area (Å²) in [5.41, 5.74) is 0. The molecular weight excluding hydrogens is 243 g/mol. The van der Waals surface area contributed by atoms with E-state index in [-0.39, 0.29) is 6.61 Å². The Morgan fingerprint density at radius 3 is 2.07 bits per heavy atom. The van der Waals surface area contributed by atoms with Crippen molar-refractivity contribution in [3.63, 3.8) is 0 Å². The molecule has 0 amide bonds. The van der Waals surface area contributed by atoms with Crippen molar-refractivity contribution >= 4 is 19.3 Å². The Hall–Kier alpha value is 0.320. The van der Waals surface area contributed by atoms with E-state index >= 15 is 0 Å². The number of alkyl halides is 1. The molecule has 8 heteroatoms. The zero-order chi connectivity index (χ0) is 11.9. The largest absolute Gasteiger partial charge is 0.381 e. The zero-order valence-electron chi connectivity index (χ0n) is 8.97. The van der Waals surface area contributed by atoms with E-state index in [1.807, 2.05) is 0 Å². The highest BCUT2D eigenvalue weighted by atomic mass is 35.5. The molecule has 0 radical (unpaired) electrons. The third kappa shape index (κ3) is 4.36. The van der Waals surface area contributed by atoms with Crippen molar-refractivity contribution in [2.75, 3.05) is 40.0 Å². The van der Waals surface area contributed by atoms with Crippen molar-refractivity contribution < 1.29 is 19.3 Å². The van der Waals surface area contributed by atoms with Crippen LogP contribution in [0.1, 0.15) is 6.42 Å². The summed E-state index contributed by atoms with van der Waals surface area (Å²) < 4.78 is 19.7. The highest BCUT2D eigenvalue weighted by Gasteiger charge is 2.33. The summed E-state index contributed by atoms with van der Waals surface area (Å²) in [5, 5.41) is 17.8.